The van der Waals surface area contributed by atoms with E-state index in [0.29, 0.717) is 6.42 Å². The van der Waals surface area contributed by atoms with Crippen LogP contribution >= 0.6 is 0 Å². The van der Waals surface area contributed by atoms with Gasteiger partial charge in [0.25, 0.3) is 0 Å². The Kier molecular flexibility index (Phi) is 4.90. The van der Waals surface area contributed by atoms with Gasteiger partial charge >= 0.3 is 0 Å². The predicted molar refractivity (Wildman–Crippen MR) is 94.7 cm³/mol. The monoisotopic (exact) mass is 329 g/mol. The highest BCUT2D eigenvalue weighted by molar-refractivity contribution is 5.95. The van der Waals surface area contributed by atoms with Gasteiger partial charge in [0.2, 0.25) is 11.8 Å². The quantitative estimate of drug-likeness (QED) is 0.775. The van der Waals surface area contributed by atoms with E-state index in [1.54, 1.807) is 0 Å². The molecule has 1 saturated carbocycles. The second kappa shape index (κ2) is 6.93. The second-order valence-corrected chi connectivity index (χ2v) is 7.45. The third-order valence-corrected chi connectivity index (χ3v) is 5.14. The van der Waals surface area contributed by atoms with Gasteiger partial charge in [-0.15, -0.1) is 0 Å². The van der Waals surface area contributed by atoms with Gasteiger partial charge in [0.05, 0.1) is 6.42 Å². The van der Waals surface area contributed by atoms with Gasteiger partial charge in [-0.25, -0.2) is 0 Å². The Balaban J connectivity index is 1.51. The van der Waals surface area contributed by atoms with Crippen LogP contribution < -0.4 is 16.0 Å². The van der Waals surface area contributed by atoms with Gasteiger partial charge in [-0.1, -0.05) is 12.1 Å². The standard InChI is InChI=1S/C19H27N3O2/c1-13(2)21-17(23)11-14-3-5-15(6-4-14)22-18(24)16-12-19(16)7-9-20-10-8-19/h3-6,13,16,20H,7-12H2,1-2H3,(H,21,23)(H,22,24). The largest absolute Gasteiger partial charge is 0.354 e. The molecule has 0 aromatic heterocycles. The van der Waals surface area contributed by atoms with Gasteiger partial charge < -0.3 is 16.0 Å². The number of anilines is 1. The highest BCUT2D eigenvalue weighted by Crippen LogP contribution is 2.58. The molecule has 1 spiro atoms. The lowest BCUT2D eigenvalue weighted by Gasteiger charge is -2.23. The molecular formula is C19H27N3O2. The highest BCUT2D eigenvalue weighted by atomic mass is 16.2. The maximum absolute atomic E-state index is 12.4. The molecule has 3 rings (SSSR count). The first-order valence-corrected chi connectivity index (χ1v) is 8.88. The van der Waals surface area contributed by atoms with Crippen molar-refractivity contribution < 1.29 is 9.59 Å². The zero-order valence-corrected chi connectivity index (χ0v) is 14.5. The number of carbonyl (C=O) groups excluding carboxylic acids is 2. The number of hydrogen-bond acceptors (Lipinski definition) is 3. The fourth-order valence-electron chi connectivity index (χ4n) is 3.69. The van der Waals surface area contributed by atoms with E-state index in [1.165, 1.54) is 0 Å². The summed E-state index contributed by atoms with van der Waals surface area (Å²) in [4.78, 5) is 24.2. The van der Waals surface area contributed by atoms with Crippen molar-refractivity contribution in [3.63, 3.8) is 0 Å². The summed E-state index contributed by atoms with van der Waals surface area (Å²) in [5.74, 6) is 0.325. The fourth-order valence-corrected chi connectivity index (χ4v) is 3.69. The SMILES string of the molecule is CC(C)NC(=O)Cc1ccc(NC(=O)C2CC23CCNCC3)cc1. The van der Waals surface area contributed by atoms with E-state index in [-0.39, 0.29) is 29.2 Å². The van der Waals surface area contributed by atoms with Crippen molar-refractivity contribution in [1.82, 2.24) is 10.6 Å². The molecule has 0 bridgehead atoms. The van der Waals surface area contributed by atoms with E-state index < -0.39 is 0 Å². The molecule has 3 N–H and O–H groups in total. The molecule has 24 heavy (non-hydrogen) atoms. The maximum Gasteiger partial charge on any atom is 0.228 e. The maximum atomic E-state index is 12.4. The van der Waals surface area contributed by atoms with Gasteiger partial charge in [0.15, 0.2) is 0 Å². The van der Waals surface area contributed by atoms with Crippen molar-refractivity contribution in [2.24, 2.45) is 11.3 Å². The summed E-state index contributed by atoms with van der Waals surface area (Å²) in [6.07, 6.45) is 3.60. The van der Waals surface area contributed by atoms with Gasteiger partial charge in [0, 0.05) is 17.6 Å². The lowest BCUT2D eigenvalue weighted by molar-refractivity contribution is -0.121. The molecule has 1 unspecified atom stereocenters. The average Bonchev–Trinajstić information content (AvgIpc) is 3.22. The molecule has 130 valence electrons. The van der Waals surface area contributed by atoms with E-state index in [4.69, 9.17) is 0 Å². The smallest absolute Gasteiger partial charge is 0.228 e. The zero-order chi connectivity index (χ0) is 17.2. The Morgan fingerprint density at radius 3 is 2.50 bits per heavy atom. The van der Waals surface area contributed by atoms with Crippen molar-refractivity contribution in [1.29, 1.82) is 0 Å². The summed E-state index contributed by atoms with van der Waals surface area (Å²) in [6, 6.07) is 7.73. The van der Waals surface area contributed by atoms with E-state index in [1.807, 2.05) is 38.1 Å². The first-order chi connectivity index (χ1) is 11.5. The van der Waals surface area contributed by atoms with E-state index >= 15 is 0 Å². The molecule has 0 radical (unpaired) electrons. The molecule has 1 aliphatic heterocycles. The number of carbonyl (C=O) groups is 2. The van der Waals surface area contributed by atoms with Crippen LogP contribution in [0, 0.1) is 11.3 Å². The van der Waals surface area contributed by atoms with Crippen molar-refractivity contribution in [3.8, 4) is 0 Å². The number of nitrogens with one attached hydrogen (secondary N) is 3. The van der Waals surface area contributed by atoms with E-state index in [9.17, 15) is 9.59 Å². The second-order valence-electron chi connectivity index (χ2n) is 7.45. The summed E-state index contributed by atoms with van der Waals surface area (Å²) in [7, 11) is 0. The molecule has 5 heteroatoms. The third kappa shape index (κ3) is 3.96. The van der Waals surface area contributed by atoms with Crippen molar-refractivity contribution >= 4 is 17.5 Å². The minimum absolute atomic E-state index is 0.0209. The number of rotatable bonds is 5. The lowest BCUT2D eigenvalue weighted by Crippen LogP contribution is -2.31. The molecule has 1 saturated heterocycles. The number of piperidine rings is 1. The summed E-state index contributed by atoms with van der Waals surface area (Å²) in [5, 5.41) is 9.27. The normalized spacial score (nSPS) is 21.5. The zero-order valence-electron chi connectivity index (χ0n) is 14.5. The molecule has 1 aliphatic carbocycles. The molecule has 2 amide bonds. The summed E-state index contributed by atoms with van der Waals surface area (Å²) in [6.45, 7) is 5.95. The Hall–Kier alpha value is -1.88. The van der Waals surface area contributed by atoms with E-state index in [2.05, 4.69) is 16.0 Å². The van der Waals surface area contributed by atoms with Crippen LogP contribution in [0.1, 0.15) is 38.7 Å². The minimum atomic E-state index is 0.0209. The van der Waals surface area contributed by atoms with Crippen molar-refractivity contribution in [2.75, 3.05) is 18.4 Å². The molecule has 2 fully saturated rings. The molecular weight excluding hydrogens is 302 g/mol. The van der Waals surface area contributed by atoms with Crippen LogP contribution in [0.15, 0.2) is 24.3 Å². The van der Waals surface area contributed by atoms with Gasteiger partial charge in [-0.05, 0) is 69.3 Å². The van der Waals surface area contributed by atoms with Crippen LogP contribution in [0.3, 0.4) is 0 Å². The molecule has 1 atom stereocenters. The minimum Gasteiger partial charge on any atom is -0.354 e. The number of benzene rings is 1. The van der Waals surface area contributed by atoms with Crippen LogP contribution in [-0.2, 0) is 16.0 Å². The molecule has 5 nitrogen and oxygen atoms in total. The lowest BCUT2D eigenvalue weighted by atomic mass is 9.92. The summed E-state index contributed by atoms with van der Waals surface area (Å²) < 4.78 is 0. The first kappa shape index (κ1) is 17.0. The Morgan fingerprint density at radius 1 is 1.21 bits per heavy atom. The third-order valence-electron chi connectivity index (χ3n) is 5.14. The first-order valence-electron chi connectivity index (χ1n) is 8.88. The molecule has 2 aliphatic rings. The molecule has 1 aromatic rings. The molecule has 1 aromatic carbocycles. The summed E-state index contributed by atoms with van der Waals surface area (Å²) in [5.41, 5.74) is 2.01. The average molecular weight is 329 g/mol. The number of hydrogen-bond donors (Lipinski definition) is 3. The van der Waals surface area contributed by atoms with Gasteiger partial charge in [0.1, 0.15) is 0 Å². The Bertz CT molecular complexity index is 604. The van der Waals surface area contributed by atoms with Gasteiger partial charge in [-0.3, -0.25) is 9.59 Å². The Morgan fingerprint density at radius 2 is 1.88 bits per heavy atom. The molecule has 1 heterocycles. The van der Waals surface area contributed by atoms with Gasteiger partial charge in [-0.2, -0.15) is 0 Å². The van der Waals surface area contributed by atoms with E-state index in [0.717, 1.165) is 43.6 Å². The predicted octanol–water partition coefficient (Wildman–Crippen LogP) is 2.08. The van der Waals surface area contributed by atoms with Crippen LogP contribution in [-0.4, -0.2) is 30.9 Å². The van der Waals surface area contributed by atoms with Crippen molar-refractivity contribution in [3.05, 3.63) is 29.8 Å². The summed E-state index contributed by atoms with van der Waals surface area (Å²) >= 11 is 0. The Labute approximate surface area is 143 Å². The van der Waals surface area contributed by atoms with Crippen LogP contribution in [0.25, 0.3) is 0 Å². The van der Waals surface area contributed by atoms with Crippen molar-refractivity contribution in [2.45, 2.75) is 45.6 Å². The van der Waals surface area contributed by atoms with Crippen LogP contribution in [0.2, 0.25) is 0 Å². The topological polar surface area (TPSA) is 70.2 Å². The highest BCUT2D eigenvalue weighted by Gasteiger charge is 2.57. The van der Waals surface area contributed by atoms with Crippen LogP contribution in [0.4, 0.5) is 5.69 Å². The fraction of sp³-hybridized carbons (Fsp3) is 0.579. The number of amides is 2. The van der Waals surface area contributed by atoms with Crippen LogP contribution in [0.5, 0.6) is 0 Å².